The molecule has 5 rings (SSSR count). The van der Waals surface area contributed by atoms with Crippen molar-refractivity contribution in [3.63, 3.8) is 0 Å². The van der Waals surface area contributed by atoms with Gasteiger partial charge in [-0.15, -0.1) is 0 Å². The van der Waals surface area contributed by atoms with Crippen molar-refractivity contribution in [2.45, 2.75) is 0 Å². The Morgan fingerprint density at radius 1 is 0.293 bits per heavy atom. The van der Waals surface area contributed by atoms with Crippen molar-refractivity contribution in [3.05, 3.63) is 152 Å². The van der Waals surface area contributed by atoms with Crippen LogP contribution in [0, 0.1) is 0 Å². The van der Waals surface area contributed by atoms with E-state index < -0.39 is 15.8 Å². The summed E-state index contributed by atoms with van der Waals surface area (Å²) in [5.41, 5.74) is 0. The van der Waals surface area contributed by atoms with Gasteiger partial charge in [-0.05, 0) is 42.4 Å². The molecule has 0 aliphatic heterocycles. The second kappa shape index (κ2) is 23.8. The van der Waals surface area contributed by atoms with Crippen LogP contribution in [-0.2, 0) is 67.1 Å². The van der Waals surface area contributed by atoms with Gasteiger partial charge in [-0.2, -0.15) is 0 Å². The van der Waals surface area contributed by atoms with Crippen molar-refractivity contribution in [2.75, 3.05) is 11.8 Å². The monoisotopic (exact) mass is 1200 g/mol. The normalized spacial score (nSPS) is 9.63. The fourth-order valence-electron chi connectivity index (χ4n) is 4.24. The van der Waals surface area contributed by atoms with Crippen LogP contribution in [0.2, 0.25) is 0 Å². The third kappa shape index (κ3) is 12.8. The minimum absolute atomic E-state index is 0. The van der Waals surface area contributed by atoms with E-state index >= 15 is 0 Å². The summed E-state index contributed by atoms with van der Waals surface area (Å²) < 4.78 is 0. The van der Waals surface area contributed by atoms with Gasteiger partial charge in [0.05, 0.1) is 0 Å². The average Bonchev–Trinajstić information content (AvgIpc) is 2.95. The Morgan fingerprint density at radius 3 is 0.707 bits per heavy atom. The van der Waals surface area contributed by atoms with Crippen LogP contribution in [0.4, 0.5) is 0 Å². The Bertz CT molecular complexity index is 1140. The molecule has 0 fully saturated rings. The smallest absolute Gasteiger partial charge is 1.00 e. The Balaban J connectivity index is 0. The van der Waals surface area contributed by atoms with Crippen LogP contribution in [0.5, 0.6) is 0 Å². The van der Waals surface area contributed by atoms with Gasteiger partial charge < -0.3 is 37.2 Å². The number of hydrogen-bond donors (Lipinski definition) is 0. The third-order valence-electron chi connectivity index (χ3n) is 6.02. The van der Waals surface area contributed by atoms with Crippen LogP contribution >= 0.6 is 23.8 Å². The van der Waals surface area contributed by atoms with Gasteiger partial charge in [0.25, 0.3) is 0 Å². The Kier molecular flexibility index (Phi) is 25.3. The maximum atomic E-state index is 2.36. The van der Waals surface area contributed by atoms with E-state index in [1.54, 1.807) is 0 Å². The van der Waals surface area contributed by atoms with Crippen LogP contribution in [0.1, 0.15) is 0 Å². The standard InChI is InChI=1S/C32H29P3.3Au.3ClH/c1-6-16-28(17-7-1)33(26-34(29-18-8-2-9-19-29)30-20-10-3-11-21-30)27-35(31-22-12-4-13-23-31)32-24-14-5-15-25-32;;;;;;/h1-25H,26-27H2;;;;3*1H/q;3*+1;;;/p-3. The molecular weight excluding hydrogens is 1170 g/mol. The molecule has 41 heavy (non-hydrogen) atoms. The van der Waals surface area contributed by atoms with Gasteiger partial charge in [-0.3, -0.25) is 0 Å². The van der Waals surface area contributed by atoms with E-state index in [1.807, 2.05) is 0 Å². The van der Waals surface area contributed by atoms with Crippen molar-refractivity contribution < 1.29 is 104 Å². The molecule has 226 valence electrons. The molecule has 5 aromatic carbocycles. The molecule has 0 aliphatic carbocycles. The van der Waals surface area contributed by atoms with Gasteiger partial charge in [-0.1, -0.05) is 160 Å². The molecule has 0 N–H and O–H groups in total. The average molecular weight is 1200 g/mol. The maximum Gasteiger partial charge on any atom is 1.00 e. The molecule has 0 radical (unpaired) electrons. The van der Waals surface area contributed by atoms with Gasteiger partial charge in [0.2, 0.25) is 0 Å². The molecule has 5 aromatic rings. The van der Waals surface area contributed by atoms with Gasteiger partial charge in [-0.25, -0.2) is 0 Å². The van der Waals surface area contributed by atoms with Crippen LogP contribution in [0.3, 0.4) is 0 Å². The maximum absolute atomic E-state index is 2.36. The minimum atomic E-state index is -0.443. The van der Waals surface area contributed by atoms with E-state index in [4.69, 9.17) is 0 Å². The van der Waals surface area contributed by atoms with E-state index in [0.29, 0.717) is 0 Å². The van der Waals surface area contributed by atoms with Gasteiger partial charge >= 0.3 is 67.1 Å². The molecular formula is C32H29Au3Cl3P3. The molecule has 0 spiro atoms. The summed E-state index contributed by atoms with van der Waals surface area (Å²) in [6.45, 7) is 0. The summed E-state index contributed by atoms with van der Waals surface area (Å²) in [6.07, 6.45) is 0. The number of rotatable bonds is 9. The fraction of sp³-hybridized carbons (Fsp3) is 0.0625. The molecule has 0 unspecified atom stereocenters. The predicted molar refractivity (Wildman–Crippen MR) is 161 cm³/mol. The van der Waals surface area contributed by atoms with E-state index in [0.717, 1.165) is 0 Å². The van der Waals surface area contributed by atoms with Crippen LogP contribution in [0.15, 0.2) is 152 Å². The Morgan fingerprint density at radius 2 is 0.488 bits per heavy atom. The van der Waals surface area contributed by atoms with Gasteiger partial charge in [0.1, 0.15) is 0 Å². The quantitative estimate of drug-likeness (QED) is 0.118. The first-order valence-corrected chi connectivity index (χ1v) is 16.7. The topological polar surface area (TPSA) is 0 Å². The van der Waals surface area contributed by atoms with E-state index in [1.165, 1.54) is 38.3 Å². The molecule has 0 heterocycles. The number of benzene rings is 5. The summed E-state index contributed by atoms with van der Waals surface area (Å²) in [4.78, 5) is 0. The van der Waals surface area contributed by atoms with Gasteiger partial charge in [0, 0.05) is 11.8 Å². The molecule has 0 nitrogen and oxygen atoms in total. The molecule has 0 aromatic heterocycles. The second-order valence-electron chi connectivity index (χ2n) is 8.36. The van der Waals surface area contributed by atoms with Crippen LogP contribution < -0.4 is 63.7 Å². The Hall–Kier alpha value is 0.481. The first kappa shape index (κ1) is 43.6. The van der Waals surface area contributed by atoms with Crippen LogP contribution in [0.25, 0.3) is 0 Å². The predicted octanol–water partition coefficient (Wildman–Crippen LogP) is -2.02. The number of hydrogen-bond acceptors (Lipinski definition) is 0. The third-order valence-corrected chi connectivity index (χ3v) is 15.7. The van der Waals surface area contributed by atoms with Crippen molar-refractivity contribution >= 4 is 50.3 Å². The fourth-order valence-corrected chi connectivity index (χ4v) is 15.4. The zero-order valence-corrected chi connectivity index (χ0v) is 33.2. The molecule has 0 bridgehead atoms. The summed E-state index contributed by atoms with van der Waals surface area (Å²) in [7, 11) is -1.26. The Labute approximate surface area is 314 Å². The van der Waals surface area contributed by atoms with Crippen LogP contribution in [-0.4, -0.2) is 11.8 Å². The largest absolute Gasteiger partial charge is 1.00 e. The van der Waals surface area contributed by atoms with Crippen molar-refractivity contribution in [2.24, 2.45) is 0 Å². The van der Waals surface area contributed by atoms with Crippen molar-refractivity contribution in [1.29, 1.82) is 0 Å². The second-order valence-corrected chi connectivity index (χ2v) is 16.0. The zero-order valence-electron chi connectivity index (χ0n) is 21.7. The minimum Gasteiger partial charge on any atom is -1.00 e. The molecule has 0 aliphatic rings. The molecule has 0 saturated carbocycles. The van der Waals surface area contributed by atoms with E-state index in [-0.39, 0.29) is 112 Å². The number of halogens is 3. The molecule has 0 saturated heterocycles. The van der Waals surface area contributed by atoms with E-state index in [2.05, 4.69) is 152 Å². The summed E-state index contributed by atoms with van der Waals surface area (Å²) >= 11 is 0. The van der Waals surface area contributed by atoms with E-state index in [9.17, 15) is 0 Å². The van der Waals surface area contributed by atoms with Gasteiger partial charge in [0.15, 0.2) is 0 Å². The summed E-state index contributed by atoms with van der Waals surface area (Å²) in [5.74, 6) is 2.42. The first-order valence-electron chi connectivity index (χ1n) is 11.9. The zero-order chi connectivity index (χ0) is 23.7. The first-order chi connectivity index (χ1) is 17.4. The van der Waals surface area contributed by atoms with Crippen molar-refractivity contribution in [3.8, 4) is 0 Å². The molecule has 9 heteroatoms. The van der Waals surface area contributed by atoms with Crippen molar-refractivity contribution in [1.82, 2.24) is 0 Å². The molecule has 0 amide bonds. The summed E-state index contributed by atoms with van der Waals surface area (Å²) in [5, 5.41) is 7.41. The molecule has 0 atom stereocenters. The SMILES string of the molecule is [Au+].[Au+].[Au+].[Cl-].[Cl-].[Cl-].c1ccc(P(CP(c2ccccc2)c2ccccc2)CP(c2ccccc2)c2ccccc2)cc1. The summed E-state index contributed by atoms with van der Waals surface area (Å²) in [6, 6.07) is 56.0.